The Labute approximate surface area is 124 Å². The smallest absolute Gasteiger partial charge is 0.248 e. The molecule has 1 atom stereocenters. The summed E-state index contributed by atoms with van der Waals surface area (Å²) < 4.78 is 16.7. The van der Waals surface area contributed by atoms with Crippen LogP contribution in [0.25, 0.3) is 0 Å². The van der Waals surface area contributed by atoms with E-state index in [9.17, 15) is 4.79 Å². The molecule has 6 heteroatoms. The van der Waals surface area contributed by atoms with Gasteiger partial charge in [0.25, 0.3) is 0 Å². The number of hydrogen-bond donors (Lipinski definition) is 0. The maximum atomic E-state index is 11.7. The standard InChI is InChI=1S/C15H20N2O4/c1-19-9-14(18)17-10-15(11-17)8-12(5-7-20-15)21-13-4-2-3-6-16-13/h2-4,6,12H,5,7-11H2,1H3. The second kappa shape index (κ2) is 5.99. The number of methoxy groups -OCH3 is 1. The minimum absolute atomic E-state index is 0.0134. The Morgan fingerprint density at radius 1 is 1.52 bits per heavy atom. The first kappa shape index (κ1) is 14.3. The van der Waals surface area contributed by atoms with Gasteiger partial charge in [-0.05, 0) is 6.07 Å². The summed E-state index contributed by atoms with van der Waals surface area (Å²) in [6.07, 6.45) is 3.46. The number of ether oxygens (including phenoxy) is 3. The van der Waals surface area contributed by atoms with Crippen LogP contribution in [0.4, 0.5) is 0 Å². The van der Waals surface area contributed by atoms with Crippen molar-refractivity contribution < 1.29 is 19.0 Å². The van der Waals surface area contributed by atoms with Gasteiger partial charge in [0, 0.05) is 32.2 Å². The zero-order valence-corrected chi connectivity index (χ0v) is 12.2. The minimum atomic E-state index is -0.249. The van der Waals surface area contributed by atoms with Crippen LogP contribution in [-0.4, -0.2) is 60.9 Å². The van der Waals surface area contributed by atoms with E-state index in [1.165, 1.54) is 7.11 Å². The van der Waals surface area contributed by atoms with Gasteiger partial charge in [-0.3, -0.25) is 4.79 Å². The fourth-order valence-electron chi connectivity index (χ4n) is 2.93. The Hall–Kier alpha value is -1.66. The Kier molecular flexibility index (Phi) is 4.07. The maximum absolute atomic E-state index is 11.7. The molecular weight excluding hydrogens is 272 g/mol. The summed E-state index contributed by atoms with van der Waals surface area (Å²) in [5.74, 6) is 0.658. The van der Waals surface area contributed by atoms with E-state index >= 15 is 0 Å². The van der Waals surface area contributed by atoms with Crippen molar-refractivity contribution in [1.29, 1.82) is 0 Å². The quantitative estimate of drug-likeness (QED) is 0.824. The molecule has 1 aromatic heterocycles. The molecule has 0 bridgehead atoms. The topological polar surface area (TPSA) is 60.9 Å². The lowest BCUT2D eigenvalue weighted by atomic mass is 9.84. The van der Waals surface area contributed by atoms with E-state index in [0.717, 1.165) is 12.8 Å². The van der Waals surface area contributed by atoms with Gasteiger partial charge >= 0.3 is 0 Å². The first-order valence-electron chi connectivity index (χ1n) is 7.19. The number of carbonyl (C=O) groups excluding carboxylic acids is 1. The Morgan fingerprint density at radius 2 is 2.38 bits per heavy atom. The number of nitrogens with zero attached hydrogens (tertiary/aromatic N) is 2. The Morgan fingerprint density at radius 3 is 3.10 bits per heavy atom. The Balaban J connectivity index is 1.54. The van der Waals surface area contributed by atoms with Gasteiger partial charge in [0.1, 0.15) is 18.3 Å². The van der Waals surface area contributed by atoms with E-state index in [0.29, 0.717) is 25.6 Å². The van der Waals surface area contributed by atoms with Crippen LogP contribution in [0.1, 0.15) is 12.8 Å². The van der Waals surface area contributed by atoms with Crippen molar-refractivity contribution in [1.82, 2.24) is 9.88 Å². The molecule has 0 aromatic carbocycles. The van der Waals surface area contributed by atoms with Gasteiger partial charge in [-0.2, -0.15) is 0 Å². The van der Waals surface area contributed by atoms with Crippen LogP contribution in [-0.2, 0) is 14.3 Å². The molecule has 2 saturated heterocycles. The van der Waals surface area contributed by atoms with Gasteiger partial charge in [-0.1, -0.05) is 6.07 Å². The van der Waals surface area contributed by atoms with Crippen LogP contribution < -0.4 is 4.74 Å². The van der Waals surface area contributed by atoms with Crippen molar-refractivity contribution in [2.75, 3.05) is 33.4 Å². The molecule has 0 radical (unpaired) electrons. The molecule has 3 heterocycles. The van der Waals surface area contributed by atoms with Crippen molar-refractivity contribution in [2.45, 2.75) is 24.5 Å². The van der Waals surface area contributed by atoms with Gasteiger partial charge in [0.05, 0.1) is 19.7 Å². The van der Waals surface area contributed by atoms with Gasteiger partial charge in [0.15, 0.2) is 0 Å². The van der Waals surface area contributed by atoms with E-state index < -0.39 is 0 Å². The maximum Gasteiger partial charge on any atom is 0.248 e. The number of carbonyl (C=O) groups is 1. The lowest BCUT2D eigenvalue weighted by molar-refractivity contribution is -0.195. The van der Waals surface area contributed by atoms with E-state index in [4.69, 9.17) is 14.2 Å². The SMILES string of the molecule is COCC(=O)N1CC2(CC(Oc3ccccn3)CCO2)C1. The van der Waals surface area contributed by atoms with Gasteiger partial charge in [-0.15, -0.1) is 0 Å². The number of hydrogen-bond acceptors (Lipinski definition) is 5. The van der Waals surface area contributed by atoms with Crippen LogP contribution in [0, 0.1) is 0 Å². The van der Waals surface area contributed by atoms with E-state index in [-0.39, 0.29) is 24.2 Å². The molecule has 6 nitrogen and oxygen atoms in total. The van der Waals surface area contributed by atoms with Crippen LogP contribution in [0.3, 0.4) is 0 Å². The molecule has 2 fully saturated rings. The first-order valence-corrected chi connectivity index (χ1v) is 7.19. The summed E-state index contributed by atoms with van der Waals surface area (Å²) in [5, 5.41) is 0. The van der Waals surface area contributed by atoms with Crippen LogP contribution >= 0.6 is 0 Å². The molecule has 114 valence electrons. The highest BCUT2D eigenvalue weighted by molar-refractivity contribution is 5.78. The molecule has 21 heavy (non-hydrogen) atoms. The van der Waals surface area contributed by atoms with Crippen molar-refractivity contribution in [3.8, 4) is 5.88 Å². The molecule has 1 unspecified atom stereocenters. The molecular formula is C15H20N2O4. The average molecular weight is 292 g/mol. The van der Waals surface area contributed by atoms with Crippen molar-refractivity contribution in [3.63, 3.8) is 0 Å². The normalized spacial score (nSPS) is 23.7. The molecule has 2 aliphatic rings. The van der Waals surface area contributed by atoms with Crippen molar-refractivity contribution in [3.05, 3.63) is 24.4 Å². The monoisotopic (exact) mass is 292 g/mol. The molecule has 0 N–H and O–H groups in total. The molecule has 2 aliphatic heterocycles. The molecule has 1 amide bonds. The second-order valence-corrected chi connectivity index (χ2v) is 5.61. The molecule has 0 saturated carbocycles. The zero-order valence-electron chi connectivity index (χ0n) is 12.2. The lowest BCUT2D eigenvalue weighted by Gasteiger charge is -2.52. The average Bonchev–Trinajstić information content (AvgIpc) is 2.46. The van der Waals surface area contributed by atoms with Crippen LogP contribution in [0.15, 0.2) is 24.4 Å². The summed E-state index contributed by atoms with van der Waals surface area (Å²) in [6, 6.07) is 5.63. The van der Waals surface area contributed by atoms with E-state index in [1.807, 2.05) is 18.2 Å². The minimum Gasteiger partial charge on any atom is -0.474 e. The third kappa shape index (κ3) is 3.16. The predicted octanol–water partition coefficient (Wildman–Crippen LogP) is 0.867. The third-order valence-electron chi connectivity index (χ3n) is 3.95. The zero-order chi connectivity index (χ0) is 14.7. The molecule has 1 spiro atoms. The fraction of sp³-hybridized carbons (Fsp3) is 0.600. The first-order chi connectivity index (χ1) is 10.2. The lowest BCUT2D eigenvalue weighted by Crippen LogP contribution is -2.68. The number of rotatable bonds is 4. The van der Waals surface area contributed by atoms with Crippen LogP contribution in [0.5, 0.6) is 5.88 Å². The largest absolute Gasteiger partial charge is 0.474 e. The number of likely N-dealkylation sites (tertiary alicyclic amines) is 1. The van der Waals surface area contributed by atoms with Gasteiger partial charge in [0.2, 0.25) is 11.8 Å². The highest BCUT2D eigenvalue weighted by atomic mass is 16.5. The van der Waals surface area contributed by atoms with Crippen LogP contribution in [0.2, 0.25) is 0 Å². The molecule has 1 aromatic rings. The summed E-state index contributed by atoms with van der Waals surface area (Å²) in [7, 11) is 1.53. The number of pyridine rings is 1. The van der Waals surface area contributed by atoms with Crippen molar-refractivity contribution in [2.24, 2.45) is 0 Å². The fourth-order valence-corrected chi connectivity index (χ4v) is 2.93. The summed E-state index contributed by atoms with van der Waals surface area (Å²) in [6.45, 7) is 2.03. The highest BCUT2D eigenvalue weighted by Gasteiger charge is 2.49. The number of amides is 1. The second-order valence-electron chi connectivity index (χ2n) is 5.61. The van der Waals surface area contributed by atoms with Crippen molar-refractivity contribution >= 4 is 5.91 Å². The summed E-state index contributed by atoms with van der Waals surface area (Å²) >= 11 is 0. The molecule has 0 aliphatic carbocycles. The van der Waals surface area contributed by atoms with E-state index in [1.54, 1.807) is 11.1 Å². The van der Waals surface area contributed by atoms with Gasteiger partial charge < -0.3 is 19.1 Å². The highest BCUT2D eigenvalue weighted by Crippen LogP contribution is 2.35. The summed E-state index contributed by atoms with van der Waals surface area (Å²) in [4.78, 5) is 17.7. The summed E-state index contributed by atoms with van der Waals surface area (Å²) in [5.41, 5.74) is -0.249. The predicted molar refractivity (Wildman–Crippen MR) is 75.0 cm³/mol. The van der Waals surface area contributed by atoms with E-state index in [2.05, 4.69) is 4.98 Å². The number of aromatic nitrogens is 1. The Bertz CT molecular complexity index is 488. The third-order valence-corrected chi connectivity index (χ3v) is 3.95. The molecule has 3 rings (SSSR count). The van der Waals surface area contributed by atoms with Gasteiger partial charge in [-0.25, -0.2) is 4.98 Å².